The molecule has 2 aromatic rings. The van der Waals surface area contributed by atoms with Crippen LogP contribution in [0.1, 0.15) is 80.6 Å². The van der Waals surface area contributed by atoms with Gasteiger partial charge in [-0.25, -0.2) is 0 Å². The number of hydrogen-bond acceptors (Lipinski definition) is 3. The number of benzene rings is 2. The lowest BCUT2D eigenvalue weighted by Crippen LogP contribution is -2.33. The number of unbranched alkanes of at least 4 members (excludes halogenated alkanes) is 4. The fourth-order valence-corrected chi connectivity index (χ4v) is 4.38. The van der Waals surface area contributed by atoms with Gasteiger partial charge < -0.3 is 15.5 Å². The molecule has 2 N–H and O–H groups in total. The fourth-order valence-electron chi connectivity index (χ4n) is 4.38. The highest BCUT2D eigenvalue weighted by molar-refractivity contribution is 6.02. The Hall–Kier alpha value is -2.82. The minimum Gasteiger partial charge on any atom is -0.371 e. The molecule has 0 unspecified atom stereocenters. The Morgan fingerprint density at radius 3 is 2.42 bits per heavy atom. The van der Waals surface area contributed by atoms with E-state index in [1.807, 2.05) is 36.4 Å². The molecule has 0 radical (unpaired) electrons. The summed E-state index contributed by atoms with van der Waals surface area (Å²) < 4.78 is 0. The molecule has 1 fully saturated rings. The molecule has 2 aromatic carbocycles. The Bertz CT molecular complexity index is 876. The zero-order valence-corrected chi connectivity index (χ0v) is 20.1. The average Bonchev–Trinajstić information content (AvgIpc) is 2.85. The number of carbonyl (C=O) groups is 2. The maximum atomic E-state index is 13.2. The Kier molecular flexibility index (Phi) is 10.3. The van der Waals surface area contributed by atoms with Crippen molar-refractivity contribution in [2.75, 3.05) is 29.9 Å². The number of anilines is 2. The molecule has 2 amide bonds. The van der Waals surface area contributed by atoms with E-state index in [4.69, 9.17) is 0 Å². The second-order valence-electron chi connectivity index (χ2n) is 8.98. The molecule has 0 aromatic heterocycles. The summed E-state index contributed by atoms with van der Waals surface area (Å²) in [5.41, 5.74) is 3.51. The third kappa shape index (κ3) is 8.23. The van der Waals surface area contributed by atoms with Gasteiger partial charge in [0, 0.05) is 37.4 Å². The highest BCUT2D eigenvalue weighted by Crippen LogP contribution is 2.27. The van der Waals surface area contributed by atoms with Gasteiger partial charge in [0.2, 0.25) is 5.91 Å². The van der Waals surface area contributed by atoms with Gasteiger partial charge in [-0.05, 0) is 55.9 Å². The van der Waals surface area contributed by atoms with Crippen molar-refractivity contribution in [1.82, 2.24) is 5.32 Å². The molecular formula is C28H39N3O2. The first kappa shape index (κ1) is 24.8. The maximum absolute atomic E-state index is 13.2. The molecule has 1 saturated heterocycles. The van der Waals surface area contributed by atoms with E-state index in [0.717, 1.165) is 50.9 Å². The minimum absolute atomic E-state index is 0.0210. The predicted molar refractivity (Wildman–Crippen MR) is 137 cm³/mol. The van der Waals surface area contributed by atoms with Crippen LogP contribution in [0.3, 0.4) is 0 Å². The summed E-state index contributed by atoms with van der Waals surface area (Å²) in [5.74, 6) is -0.0603. The second-order valence-corrected chi connectivity index (χ2v) is 8.98. The topological polar surface area (TPSA) is 61.4 Å². The van der Waals surface area contributed by atoms with Crippen molar-refractivity contribution in [3.63, 3.8) is 0 Å². The quantitative estimate of drug-likeness (QED) is 0.394. The van der Waals surface area contributed by atoms with Crippen molar-refractivity contribution < 1.29 is 9.59 Å². The highest BCUT2D eigenvalue weighted by Gasteiger charge is 2.19. The van der Waals surface area contributed by atoms with Gasteiger partial charge in [-0.1, -0.05) is 62.9 Å². The Morgan fingerprint density at radius 2 is 1.67 bits per heavy atom. The van der Waals surface area contributed by atoms with Gasteiger partial charge in [0.25, 0.3) is 5.91 Å². The molecule has 0 aliphatic carbocycles. The number of carbonyl (C=O) groups excluding carboxylic acids is 2. The van der Waals surface area contributed by atoms with Crippen LogP contribution >= 0.6 is 0 Å². The Labute approximate surface area is 199 Å². The van der Waals surface area contributed by atoms with Crippen LogP contribution in [-0.2, 0) is 11.2 Å². The van der Waals surface area contributed by atoms with Gasteiger partial charge in [-0.2, -0.15) is 0 Å². The first-order valence-electron chi connectivity index (χ1n) is 12.7. The van der Waals surface area contributed by atoms with E-state index in [1.54, 1.807) is 0 Å². The summed E-state index contributed by atoms with van der Waals surface area (Å²) in [5, 5.41) is 6.09. The van der Waals surface area contributed by atoms with Crippen molar-refractivity contribution in [3.05, 3.63) is 59.7 Å². The zero-order chi connectivity index (χ0) is 23.3. The van der Waals surface area contributed by atoms with E-state index in [2.05, 4.69) is 34.6 Å². The molecule has 33 heavy (non-hydrogen) atoms. The number of piperidine rings is 1. The molecule has 0 saturated carbocycles. The summed E-state index contributed by atoms with van der Waals surface area (Å²) in [7, 11) is 0. The van der Waals surface area contributed by atoms with Crippen molar-refractivity contribution in [3.8, 4) is 0 Å². The number of nitrogens with zero attached hydrogens (tertiary/aromatic N) is 1. The van der Waals surface area contributed by atoms with Gasteiger partial charge in [0.05, 0.1) is 5.56 Å². The predicted octanol–water partition coefficient (Wildman–Crippen LogP) is 5.95. The number of hydrogen-bond donors (Lipinski definition) is 2. The molecule has 1 aliphatic heterocycles. The van der Waals surface area contributed by atoms with E-state index >= 15 is 0 Å². The Morgan fingerprint density at radius 1 is 0.909 bits per heavy atom. The molecule has 1 heterocycles. The molecule has 0 bridgehead atoms. The first-order valence-corrected chi connectivity index (χ1v) is 12.7. The SMILES string of the molecule is CCCCCCCC(=O)Nc1ccc(N2CCCCC2)c(C(=O)NCCc2ccccc2)c1. The van der Waals surface area contributed by atoms with Crippen LogP contribution in [0, 0.1) is 0 Å². The lowest BCUT2D eigenvalue weighted by atomic mass is 10.1. The van der Waals surface area contributed by atoms with Gasteiger partial charge in [-0.3, -0.25) is 9.59 Å². The van der Waals surface area contributed by atoms with Crippen LogP contribution in [0.5, 0.6) is 0 Å². The zero-order valence-electron chi connectivity index (χ0n) is 20.1. The van der Waals surface area contributed by atoms with Gasteiger partial charge in [0.1, 0.15) is 0 Å². The summed E-state index contributed by atoms with van der Waals surface area (Å²) in [6, 6.07) is 15.9. The van der Waals surface area contributed by atoms with Gasteiger partial charge in [-0.15, -0.1) is 0 Å². The Balaban J connectivity index is 1.64. The summed E-state index contributed by atoms with van der Waals surface area (Å²) in [6.07, 6.45) is 10.4. The van der Waals surface area contributed by atoms with E-state index in [1.165, 1.54) is 31.2 Å². The maximum Gasteiger partial charge on any atom is 0.253 e. The number of rotatable bonds is 12. The van der Waals surface area contributed by atoms with Crippen LogP contribution in [0.25, 0.3) is 0 Å². The summed E-state index contributed by atoms with van der Waals surface area (Å²) in [4.78, 5) is 27.9. The molecule has 5 heteroatoms. The fraction of sp³-hybridized carbons (Fsp3) is 0.500. The molecule has 178 valence electrons. The summed E-state index contributed by atoms with van der Waals surface area (Å²) in [6.45, 7) is 4.70. The van der Waals surface area contributed by atoms with E-state index in [-0.39, 0.29) is 11.8 Å². The summed E-state index contributed by atoms with van der Waals surface area (Å²) >= 11 is 0. The third-order valence-electron chi connectivity index (χ3n) is 6.27. The average molecular weight is 450 g/mol. The van der Waals surface area contributed by atoms with E-state index < -0.39 is 0 Å². The van der Waals surface area contributed by atoms with Crippen molar-refractivity contribution in [2.24, 2.45) is 0 Å². The largest absolute Gasteiger partial charge is 0.371 e. The number of nitrogens with one attached hydrogen (secondary N) is 2. The van der Waals surface area contributed by atoms with Crippen LogP contribution in [0.15, 0.2) is 48.5 Å². The van der Waals surface area contributed by atoms with Crippen molar-refractivity contribution >= 4 is 23.2 Å². The monoisotopic (exact) mass is 449 g/mol. The number of amides is 2. The van der Waals surface area contributed by atoms with E-state index in [0.29, 0.717) is 24.2 Å². The lowest BCUT2D eigenvalue weighted by molar-refractivity contribution is -0.116. The van der Waals surface area contributed by atoms with Crippen LogP contribution in [0.4, 0.5) is 11.4 Å². The molecular weight excluding hydrogens is 410 g/mol. The van der Waals surface area contributed by atoms with Crippen molar-refractivity contribution in [1.29, 1.82) is 0 Å². The normalized spacial score (nSPS) is 13.5. The lowest BCUT2D eigenvalue weighted by Gasteiger charge is -2.30. The third-order valence-corrected chi connectivity index (χ3v) is 6.27. The molecule has 3 rings (SSSR count). The van der Waals surface area contributed by atoms with Gasteiger partial charge in [0.15, 0.2) is 0 Å². The van der Waals surface area contributed by atoms with Crippen LogP contribution < -0.4 is 15.5 Å². The smallest absolute Gasteiger partial charge is 0.253 e. The second kappa shape index (κ2) is 13.7. The molecule has 0 atom stereocenters. The minimum atomic E-state index is -0.0813. The van der Waals surface area contributed by atoms with Crippen molar-refractivity contribution in [2.45, 2.75) is 71.1 Å². The first-order chi connectivity index (χ1) is 16.2. The molecule has 0 spiro atoms. The van der Waals surface area contributed by atoms with Gasteiger partial charge >= 0.3 is 0 Å². The molecule has 5 nitrogen and oxygen atoms in total. The standard InChI is InChI=1S/C28H39N3O2/c1-2-3-4-5-10-15-27(32)30-24-16-17-26(31-20-11-7-12-21-31)25(22-24)28(33)29-19-18-23-13-8-6-9-14-23/h6,8-9,13-14,16-17,22H,2-5,7,10-12,15,18-21H2,1H3,(H,29,33)(H,30,32). The molecule has 1 aliphatic rings. The van der Waals surface area contributed by atoms with Crippen LogP contribution in [-0.4, -0.2) is 31.4 Å². The van der Waals surface area contributed by atoms with E-state index in [9.17, 15) is 9.59 Å². The van der Waals surface area contributed by atoms with Crippen LogP contribution in [0.2, 0.25) is 0 Å². The highest BCUT2D eigenvalue weighted by atomic mass is 16.2.